The molecule has 0 saturated heterocycles. The molecule has 2 N–H and O–H groups in total. The minimum atomic E-state index is -0.714. The number of phenols is 1. The van der Waals surface area contributed by atoms with Gasteiger partial charge in [-0.1, -0.05) is 41.9 Å². The lowest BCUT2D eigenvalue weighted by atomic mass is 10.2. The van der Waals surface area contributed by atoms with Gasteiger partial charge in [0.1, 0.15) is 11.0 Å². The summed E-state index contributed by atoms with van der Waals surface area (Å²) in [7, 11) is 0. The molecule has 2 aromatic carbocycles. The van der Waals surface area contributed by atoms with Crippen molar-refractivity contribution < 1.29 is 9.50 Å². The number of hydrogen-bond acceptors (Lipinski definition) is 4. The first-order valence-electron chi connectivity index (χ1n) is 6.47. The summed E-state index contributed by atoms with van der Waals surface area (Å²) in [4.78, 5) is 8.54. The highest BCUT2D eigenvalue weighted by Gasteiger charge is 2.07. The van der Waals surface area contributed by atoms with E-state index < -0.39 is 11.6 Å². The smallest absolute Gasteiger partial charge is 0.166 e. The maximum Gasteiger partial charge on any atom is 0.166 e. The van der Waals surface area contributed by atoms with E-state index in [1.54, 1.807) is 6.07 Å². The second-order valence-corrected chi connectivity index (χ2v) is 4.94. The Morgan fingerprint density at radius 1 is 1.00 bits per heavy atom. The second-order valence-electron chi connectivity index (χ2n) is 4.56. The fourth-order valence-electron chi connectivity index (χ4n) is 1.93. The van der Waals surface area contributed by atoms with Gasteiger partial charge < -0.3 is 10.4 Å². The van der Waals surface area contributed by atoms with Crippen molar-refractivity contribution >= 4 is 23.1 Å². The SMILES string of the molecule is Oc1ccc(Nc2cc(Cl)nc(-c3ccccc3)n2)cc1F. The molecule has 0 aliphatic rings. The fraction of sp³-hybridized carbons (Fsp3) is 0. The molecule has 110 valence electrons. The molecule has 0 bridgehead atoms. The van der Waals surface area contributed by atoms with Crippen LogP contribution in [0, 0.1) is 5.82 Å². The van der Waals surface area contributed by atoms with E-state index in [2.05, 4.69) is 15.3 Å². The van der Waals surface area contributed by atoms with E-state index in [1.165, 1.54) is 18.2 Å². The van der Waals surface area contributed by atoms with Crippen molar-refractivity contribution in [3.63, 3.8) is 0 Å². The molecule has 22 heavy (non-hydrogen) atoms. The molecule has 3 aromatic rings. The minimum absolute atomic E-state index is 0.274. The molecule has 1 aromatic heterocycles. The zero-order valence-electron chi connectivity index (χ0n) is 11.3. The molecule has 4 nitrogen and oxygen atoms in total. The van der Waals surface area contributed by atoms with Crippen LogP contribution >= 0.6 is 11.6 Å². The normalized spacial score (nSPS) is 10.5. The fourth-order valence-corrected chi connectivity index (χ4v) is 2.11. The molecule has 0 amide bonds. The van der Waals surface area contributed by atoms with Gasteiger partial charge in [-0.3, -0.25) is 0 Å². The molecule has 0 atom stereocenters. The molecule has 0 aliphatic carbocycles. The van der Waals surface area contributed by atoms with Crippen molar-refractivity contribution in [3.8, 4) is 17.1 Å². The molecule has 1 heterocycles. The Kier molecular flexibility index (Phi) is 3.89. The highest BCUT2D eigenvalue weighted by atomic mass is 35.5. The van der Waals surface area contributed by atoms with Crippen molar-refractivity contribution in [2.24, 2.45) is 0 Å². The Bertz CT molecular complexity index is 812. The molecule has 6 heteroatoms. The van der Waals surface area contributed by atoms with Crippen LogP contribution in [0.5, 0.6) is 5.75 Å². The van der Waals surface area contributed by atoms with Crippen molar-refractivity contribution in [3.05, 3.63) is 65.6 Å². The van der Waals surface area contributed by atoms with Crippen LogP contribution in [-0.2, 0) is 0 Å². The van der Waals surface area contributed by atoms with Gasteiger partial charge in [-0.15, -0.1) is 0 Å². The van der Waals surface area contributed by atoms with Crippen molar-refractivity contribution in [2.45, 2.75) is 0 Å². The lowest BCUT2D eigenvalue weighted by Gasteiger charge is -2.08. The van der Waals surface area contributed by atoms with Crippen LogP contribution in [0.25, 0.3) is 11.4 Å². The van der Waals surface area contributed by atoms with E-state index in [1.807, 2.05) is 30.3 Å². The molecule has 0 radical (unpaired) electrons. The third kappa shape index (κ3) is 3.15. The molecule has 0 unspecified atom stereocenters. The van der Waals surface area contributed by atoms with E-state index in [4.69, 9.17) is 11.6 Å². The number of aromatic hydroxyl groups is 1. The van der Waals surface area contributed by atoms with Crippen LogP contribution in [-0.4, -0.2) is 15.1 Å². The van der Waals surface area contributed by atoms with Crippen LogP contribution in [0.4, 0.5) is 15.9 Å². The molecule has 0 saturated carbocycles. The maximum atomic E-state index is 13.4. The summed E-state index contributed by atoms with van der Waals surface area (Å²) >= 11 is 6.02. The lowest BCUT2D eigenvalue weighted by Crippen LogP contribution is -1.98. The predicted molar refractivity (Wildman–Crippen MR) is 83.8 cm³/mol. The number of halogens is 2. The van der Waals surface area contributed by atoms with Gasteiger partial charge in [0.15, 0.2) is 17.4 Å². The first kappa shape index (κ1) is 14.3. The zero-order chi connectivity index (χ0) is 15.5. The van der Waals surface area contributed by atoms with Crippen LogP contribution < -0.4 is 5.32 Å². The second kappa shape index (κ2) is 5.99. The van der Waals surface area contributed by atoms with Gasteiger partial charge >= 0.3 is 0 Å². The molecular weight excluding hydrogens is 305 g/mol. The van der Waals surface area contributed by atoms with Gasteiger partial charge in [0.05, 0.1) is 0 Å². The molecular formula is C16H11ClFN3O. The van der Waals surface area contributed by atoms with E-state index in [0.29, 0.717) is 17.3 Å². The average molecular weight is 316 g/mol. The average Bonchev–Trinajstić information content (AvgIpc) is 2.51. The summed E-state index contributed by atoms with van der Waals surface area (Å²) in [5.74, 6) is -0.219. The number of phenolic OH excluding ortho intramolecular Hbond substituents is 1. The van der Waals surface area contributed by atoms with Crippen LogP contribution in [0.1, 0.15) is 0 Å². The monoisotopic (exact) mass is 315 g/mol. The summed E-state index contributed by atoms with van der Waals surface area (Å²) in [6, 6.07) is 14.9. The first-order valence-corrected chi connectivity index (χ1v) is 6.85. The summed E-state index contributed by atoms with van der Waals surface area (Å²) in [6.45, 7) is 0. The maximum absolute atomic E-state index is 13.4. The minimum Gasteiger partial charge on any atom is -0.505 e. The van der Waals surface area contributed by atoms with Gasteiger partial charge in [-0.05, 0) is 12.1 Å². The summed E-state index contributed by atoms with van der Waals surface area (Å²) in [5, 5.41) is 12.4. The number of nitrogens with one attached hydrogen (secondary N) is 1. The summed E-state index contributed by atoms with van der Waals surface area (Å²) in [5.41, 5.74) is 1.27. The molecule has 0 spiro atoms. The molecule has 0 aliphatic heterocycles. The number of aromatic nitrogens is 2. The number of rotatable bonds is 3. The van der Waals surface area contributed by atoms with Gasteiger partial charge in [0.2, 0.25) is 0 Å². The molecule has 0 fully saturated rings. The topological polar surface area (TPSA) is 58.0 Å². The van der Waals surface area contributed by atoms with Crippen molar-refractivity contribution in [1.29, 1.82) is 0 Å². The summed E-state index contributed by atoms with van der Waals surface area (Å²) < 4.78 is 13.4. The zero-order valence-corrected chi connectivity index (χ0v) is 12.0. The highest BCUT2D eigenvalue weighted by Crippen LogP contribution is 2.25. The van der Waals surface area contributed by atoms with E-state index in [-0.39, 0.29) is 5.15 Å². The Labute approximate surface area is 131 Å². The van der Waals surface area contributed by atoms with Crippen LogP contribution in [0.3, 0.4) is 0 Å². The van der Waals surface area contributed by atoms with Gasteiger partial charge in [-0.25, -0.2) is 14.4 Å². The van der Waals surface area contributed by atoms with Crippen molar-refractivity contribution in [2.75, 3.05) is 5.32 Å². The van der Waals surface area contributed by atoms with E-state index >= 15 is 0 Å². The van der Waals surface area contributed by atoms with Crippen LogP contribution in [0.2, 0.25) is 5.15 Å². The van der Waals surface area contributed by atoms with Gasteiger partial charge in [-0.2, -0.15) is 0 Å². The number of hydrogen-bond donors (Lipinski definition) is 2. The largest absolute Gasteiger partial charge is 0.505 e. The first-order chi connectivity index (χ1) is 10.6. The standard InChI is InChI=1S/C16H11ClFN3O/c17-14-9-15(19-11-6-7-13(22)12(18)8-11)21-16(20-14)10-4-2-1-3-5-10/h1-9,22H,(H,19,20,21). The highest BCUT2D eigenvalue weighted by molar-refractivity contribution is 6.29. The van der Waals surface area contributed by atoms with E-state index in [9.17, 15) is 9.50 Å². The van der Waals surface area contributed by atoms with Crippen molar-refractivity contribution in [1.82, 2.24) is 9.97 Å². The van der Waals surface area contributed by atoms with Gasteiger partial charge in [0.25, 0.3) is 0 Å². The number of nitrogens with zero attached hydrogens (tertiary/aromatic N) is 2. The molecule has 3 rings (SSSR count). The number of benzene rings is 2. The Morgan fingerprint density at radius 3 is 2.50 bits per heavy atom. The summed E-state index contributed by atoms with van der Waals surface area (Å²) in [6.07, 6.45) is 0. The quantitative estimate of drug-likeness (QED) is 0.556. The lowest BCUT2D eigenvalue weighted by molar-refractivity contribution is 0.432. The third-order valence-corrected chi connectivity index (χ3v) is 3.14. The van der Waals surface area contributed by atoms with Crippen LogP contribution in [0.15, 0.2) is 54.6 Å². The predicted octanol–water partition coefficient (Wildman–Crippen LogP) is 4.39. The number of anilines is 2. The Balaban J connectivity index is 1.94. The van der Waals surface area contributed by atoms with Gasteiger partial charge in [0, 0.05) is 23.4 Å². The Morgan fingerprint density at radius 2 is 1.77 bits per heavy atom. The Hall–Kier alpha value is -2.66. The third-order valence-electron chi connectivity index (χ3n) is 2.95. The van der Waals surface area contributed by atoms with E-state index in [0.717, 1.165) is 5.56 Å².